The van der Waals surface area contributed by atoms with Crippen LogP contribution in [0.25, 0.3) is 11.1 Å². The van der Waals surface area contributed by atoms with Gasteiger partial charge in [-0.25, -0.2) is 0 Å². The van der Waals surface area contributed by atoms with Gasteiger partial charge in [-0.3, -0.25) is 0 Å². The molecule has 1 unspecified atom stereocenters. The minimum atomic E-state index is -0.0269. The molecule has 0 saturated carbocycles. The Kier molecular flexibility index (Phi) is 10.4. The molecule has 2 nitrogen and oxygen atoms in total. The van der Waals surface area contributed by atoms with Crippen molar-refractivity contribution in [3.63, 3.8) is 0 Å². The molecule has 0 bridgehead atoms. The molecular weight excluding hydrogens is 844 g/mol. The third-order valence-corrected chi connectivity index (χ3v) is 16.4. The Hall–Kier alpha value is -5.80. The number of hydrogen-bond acceptors (Lipinski definition) is 2. The maximum atomic E-state index is 2.68. The zero-order valence-corrected chi connectivity index (χ0v) is 45.2. The van der Waals surface area contributed by atoms with Gasteiger partial charge in [0.25, 0.3) is 6.71 Å². The summed E-state index contributed by atoms with van der Waals surface area (Å²) in [5.41, 5.74) is 30.1. The van der Waals surface area contributed by atoms with Crippen LogP contribution in [0.5, 0.6) is 0 Å². The second-order valence-corrected chi connectivity index (χ2v) is 26.8. The molecule has 0 spiro atoms. The van der Waals surface area contributed by atoms with Gasteiger partial charge in [-0.05, 0) is 191 Å². The summed E-state index contributed by atoms with van der Waals surface area (Å²) in [6, 6.07) is 49.5. The Labute approximate surface area is 421 Å². The molecule has 0 amide bonds. The van der Waals surface area contributed by atoms with Gasteiger partial charge in [-0.15, -0.1) is 0 Å². The minimum absolute atomic E-state index is 0.00610. The first-order chi connectivity index (χ1) is 32.8. The lowest BCUT2D eigenvalue weighted by Gasteiger charge is -2.45. The smallest absolute Gasteiger partial charge is 0.252 e. The van der Waals surface area contributed by atoms with Crippen molar-refractivity contribution in [2.45, 2.75) is 163 Å². The van der Waals surface area contributed by atoms with Crippen molar-refractivity contribution in [3.8, 4) is 11.1 Å². The Morgan fingerprint density at radius 1 is 0.400 bits per heavy atom. The fourth-order valence-corrected chi connectivity index (χ4v) is 12.2. The molecule has 3 heteroatoms. The quantitative estimate of drug-likeness (QED) is 0.163. The molecular formula is C67H75BN2. The Morgan fingerprint density at radius 3 is 1.36 bits per heavy atom. The molecule has 2 aliphatic heterocycles. The summed E-state index contributed by atoms with van der Waals surface area (Å²) < 4.78 is 0. The zero-order valence-electron chi connectivity index (χ0n) is 45.2. The monoisotopic (exact) mass is 919 g/mol. The number of rotatable bonds is 3. The molecule has 0 fully saturated rings. The summed E-state index contributed by atoms with van der Waals surface area (Å²) in [4.78, 5) is 5.23. The van der Waals surface area contributed by atoms with Crippen LogP contribution < -0.4 is 26.2 Å². The summed E-state index contributed by atoms with van der Waals surface area (Å²) >= 11 is 0. The van der Waals surface area contributed by atoms with Gasteiger partial charge in [0.05, 0.1) is 0 Å². The predicted octanol–water partition coefficient (Wildman–Crippen LogP) is 16.2. The lowest BCUT2D eigenvalue weighted by Crippen LogP contribution is -2.61. The van der Waals surface area contributed by atoms with E-state index in [1.54, 1.807) is 5.56 Å². The van der Waals surface area contributed by atoms with Crippen molar-refractivity contribution < 1.29 is 0 Å². The fraction of sp³-hybridized carbons (Fsp3) is 0.373. The standard InChI is InChI=1S/C67H75BN2/c1-40-30-59-62-60(31-40)70(50-27-22-45(23-28-50)64(5,6)7)58-39-54-52(51-34-41-18-17-19-42(41)35-53(51)61(54)43-32-47(66(11,12)13)36-48(33-43)67(14,15)16)38-56(58)68(62)55-37-46(65(8,9)10)24-29-57(55)69(59)49-25-20-44(21-26-49)63(2,3)4/h20-39,61H,17-19H2,1-16H3. The van der Waals surface area contributed by atoms with Crippen LogP contribution in [0.1, 0.15) is 177 Å². The summed E-state index contributed by atoms with van der Waals surface area (Å²) in [6.07, 6.45) is 3.56. The summed E-state index contributed by atoms with van der Waals surface area (Å²) in [7, 11) is 0. The number of aryl methyl sites for hydroxylation is 3. The minimum Gasteiger partial charge on any atom is -0.311 e. The highest BCUT2D eigenvalue weighted by atomic mass is 15.2. The fourth-order valence-electron chi connectivity index (χ4n) is 12.2. The van der Waals surface area contributed by atoms with Crippen molar-refractivity contribution in [1.29, 1.82) is 0 Å². The van der Waals surface area contributed by atoms with Gasteiger partial charge in [0.15, 0.2) is 0 Å². The van der Waals surface area contributed by atoms with Crippen LogP contribution in [0.3, 0.4) is 0 Å². The first-order valence-electron chi connectivity index (χ1n) is 26.4. The van der Waals surface area contributed by atoms with E-state index >= 15 is 0 Å². The third-order valence-electron chi connectivity index (χ3n) is 16.4. The SMILES string of the molecule is Cc1cc2c3c(c1)N(c1ccc(C(C)(C)C)cc1)c1cc4c(cc1B3c1cc(C(C)(C)C)ccc1N2c1ccc(C(C)(C)C)cc1)-c1cc2c(cc1C4c1cc(C(C)(C)C)cc(C(C)(C)C)c1)CCC2. The van der Waals surface area contributed by atoms with Gasteiger partial charge >= 0.3 is 0 Å². The number of anilines is 6. The average molecular weight is 919 g/mol. The normalized spacial score (nSPS) is 16.2. The molecule has 11 rings (SSSR count). The largest absolute Gasteiger partial charge is 0.311 e. The average Bonchev–Trinajstić information content (AvgIpc) is 3.87. The lowest BCUT2D eigenvalue weighted by atomic mass is 9.33. The van der Waals surface area contributed by atoms with Crippen molar-refractivity contribution in [2.75, 3.05) is 9.80 Å². The molecule has 7 aromatic carbocycles. The van der Waals surface area contributed by atoms with Crippen LogP contribution in [0.15, 0.2) is 121 Å². The van der Waals surface area contributed by atoms with Crippen LogP contribution in [0.4, 0.5) is 34.1 Å². The van der Waals surface area contributed by atoms with E-state index in [4.69, 9.17) is 0 Å². The number of nitrogens with zero attached hydrogens (tertiary/aromatic N) is 2. The van der Waals surface area contributed by atoms with Crippen LogP contribution in [-0.4, -0.2) is 6.71 Å². The maximum Gasteiger partial charge on any atom is 0.252 e. The second kappa shape index (κ2) is 15.6. The van der Waals surface area contributed by atoms with Gasteiger partial charge in [0.1, 0.15) is 0 Å². The van der Waals surface area contributed by atoms with Crippen molar-refractivity contribution in [3.05, 3.63) is 183 Å². The van der Waals surface area contributed by atoms with Gasteiger partial charge in [0.2, 0.25) is 0 Å². The molecule has 4 aliphatic rings. The summed E-state index contributed by atoms with van der Waals surface area (Å²) in [5.74, 6) is 0.113. The molecule has 2 aliphatic carbocycles. The van der Waals surface area contributed by atoms with Crippen molar-refractivity contribution in [1.82, 2.24) is 0 Å². The van der Waals surface area contributed by atoms with Gasteiger partial charge < -0.3 is 9.80 Å². The number of benzene rings is 7. The molecule has 1 atom stereocenters. The Morgan fingerprint density at radius 2 is 0.843 bits per heavy atom. The van der Waals surface area contributed by atoms with Crippen molar-refractivity contribution in [2.24, 2.45) is 0 Å². The zero-order chi connectivity index (χ0) is 49.8. The van der Waals surface area contributed by atoms with Gasteiger partial charge in [-0.2, -0.15) is 0 Å². The van der Waals surface area contributed by atoms with E-state index in [1.165, 1.54) is 124 Å². The first kappa shape index (κ1) is 46.6. The molecule has 70 heavy (non-hydrogen) atoms. The van der Waals surface area contributed by atoms with E-state index < -0.39 is 0 Å². The highest BCUT2D eigenvalue weighted by Crippen LogP contribution is 2.54. The van der Waals surface area contributed by atoms with E-state index in [-0.39, 0.29) is 39.7 Å². The van der Waals surface area contributed by atoms with E-state index in [0.717, 1.165) is 12.8 Å². The third kappa shape index (κ3) is 7.59. The van der Waals surface area contributed by atoms with Crippen LogP contribution >= 0.6 is 0 Å². The van der Waals surface area contributed by atoms with Gasteiger partial charge in [-0.1, -0.05) is 177 Å². The molecule has 7 aromatic rings. The van der Waals surface area contributed by atoms with Crippen LogP contribution in [-0.2, 0) is 39.9 Å². The van der Waals surface area contributed by atoms with Crippen LogP contribution in [0, 0.1) is 6.92 Å². The summed E-state index contributed by atoms with van der Waals surface area (Å²) in [6.45, 7) is 37.6. The first-order valence-corrected chi connectivity index (χ1v) is 26.4. The molecule has 0 radical (unpaired) electrons. The van der Waals surface area contributed by atoms with Gasteiger partial charge in [0, 0.05) is 40.0 Å². The molecule has 2 heterocycles. The molecule has 356 valence electrons. The van der Waals surface area contributed by atoms with E-state index in [0.29, 0.717) is 0 Å². The summed E-state index contributed by atoms with van der Waals surface area (Å²) in [5, 5.41) is 0. The predicted molar refractivity (Wildman–Crippen MR) is 304 cm³/mol. The molecule has 0 aromatic heterocycles. The topological polar surface area (TPSA) is 6.48 Å². The Balaban J connectivity index is 1.24. The van der Waals surface area contributed by atoms with E-state index in [1.807, 2.05) is 0 Å². The van der Waals surface area contributed by atoms with E-state index in [2.05, 4.69) is 242 Å². The highest BCUT2D eigenvalue weighted by molar-refractivity contribution is 7.00. The molecule has 0 saturated heterocycles. The lowest BCUT2D eigenvalue weighted by molar-refractivity contribution is 0.566. The van der Waals surface area contributed by atoms with E-state index in [9.17, 15) is 0 Å². The second-order valence-electron chi connectivity index (χ2n) is 26.8. The number of fused-ring (bicyclic) bond motifs is 8. The van der Waals surface area contributed by atoms with Crippen molar-refractivity contribution >= 4 is 57.2 Å². The van der Waals surface area contributed by atoms with Crippen LogP contribution in [0.2, 0.25) is 0 Å². The maximum absolute atomic E-state index is 2.68. The Bertz CT molecular complexity index is 3230. The molecule has 0 N–H and O–H groups in total. The number of hydrogen-bond donors (Lipinski definition) is 0. The highest BCUT2D eigenvalue weighted by Gasteiger charge is 2.46.